The van der Waals surface area contributed by atoms with Crippen LogP contribution in [0.5, 0.6) is 0 Å². The lowest BCUT2D eigenvalue weighted by atomic mass is 9.53. The van der Waals surface area contributed by atoms with Gasteiger partial charge < -0.3 is 29.3 Å². The molecule has 1 heterocycles. The molecule has 32 heavy (non-hydrogen) atoms. The molecule has 14 heteroatoms. The van der Waals surface area contributed by atoms with E-state index in [9.17, 15) is 19.8 Å². The Kier molecular flexibility index (Phi) is 8.42. The molecule has 3 atom stereocenters. The standard InChI is InChI=1S/C15H23NO4.C3Cl6O3/c17-12-1-2-16(8-12)14(18)20-13-10-3-9-4-11(13)7-15(19,5-9)6-10;4-2(5,6)11-1(10)12-3(7,8)9/h9-13,17,19H,1-8H2;/t9?,10?,11?,12-,13?,15?;/m0./s1. The summed E-state index contributed by atoms with van der Waals surface area (Å²) in [6, 6.07) is 0. The lowest BCUT2D eigenvalue weighted by molar-refractivity contribution is -0.177. The molecule has 184 valence electrons. The van der Waals surface area contributed by atoms with E-state index in [-0.39, 0.29) is 12.2 Å². The molecule has 1 saturated heterocycles. The van der Waals surface area contributed by atoms with Crippen LogP contribution in [0.4, 0.5) is 9.59 Å². The highest BCUT2D eigenvalue weighted by atomic mass is 35.6. The molecule has 1 amide bonds. The van der Waals surface area contributed by atoms with Crippen molar-refractivity contribution in [3.63, 3.8) is 0 Å². The predicted molar refractivity (Wildman–Crippen MR) is 119 cm³/mol. The van der Waals surface area contributed by atoms with Crippen LogP contribution in [0.2, 0.25) is 0 Å². The maximum absolute atomic E-state index is 12.2. The van der Waals surface area contributed by atoms with Crippen LogP contribution in [0, 0.1) is 17.8 Å². The summed E-state index contributed by atoms with van der Waals surface area (Å²) < 4.78 is 9.27. The molecule has 5 fully saturated rings. The van der Waals surface area contributed by atoms with E-state index in [4.69, 9.17) is 74.3 Å². The molecular formula is C18H23Cl6NO7. The SMILES string of the molecule is O=C(OC(Cl)(Cl)Cl)OC(Cl)(Cl)Cl.O=C(OC1C2CC3CC1CC(O)(C3)C2)N1CC[C@H](O)C1. The monoisotopic (exact) mass is 575 g/mol. The van der Waals surface area contributed by atoms with E-state index in [1.54, 1.807) is 4.90 Å². The van der Waals surface area contributed by atoms with Crippen LogP contribution in [-0.4, -0.2) is 66.2 Å². The van der Waals surface area contributed by atoms with Crippen molar-refractivity contribution in [1.82, 2.24) is 4.90 Å². The Morgan fingerprint density at radius 2 is 1.47 bits per heavy atom. The number of carbonyl (C=O) groups is 2. The summed E-state index contributed by atoms with van der Waals surface area (Å²) in [5.41, 5.74) is -0.483. The summed E-state index contributed by atoms with van der Waals surface area (Å²) >= 11 is 30.2. The van der Waals surface area contributed by atoms with Gasteiger partial charge in [-0.3, -0.25) is 0 Å². The zero-order valence-electron chi connectivity index (χ0n) is 16.7. The Balaban J connectivity index is 0.000000210. The first kappa shape index (κ1) is 26.8. The molecule has 5 rings (SSSR count). The van der Waals surface area contributed by atoms with Gasteiger partial charge in [0, 0.05) is 13.1 Å². The van der Waals surface area contributed by atoms with E-state index in [1.807, 2.05) is 0 Å². The summed E-state index contributed by atoms with van der Waals surface area (Å²) in [6.45, 7) is 0.988. The number of nitrogens with zero attached hydrogens (tertiary/aromatic N) is 1. The topological polar surface area (TPSA) is 106 Å². The highest BCUT2D eigenvalue weighted by Gasteiger charge is 2.56. The number of ether oxygens (including phenoxy) is 3. The smallest absolute Gasteiger partial charge is 0.446 e. The molecule has 1 aliphatic heterocycles. The molecule has 0 spiro atoms. The minimum Gasteiger partial charge on any atom is -0.446 e. The fourth-order valence-corrected chi connectivity index (χ4v) is 5.81. The summed E-state index contributed by atoms with van der Waals surface area (Å²) in [5, 5.41) is 20.0. The first-order valence-corrected chi connectivity index (χ1v) is 12.3. The van der Waals surface area contributed by atoms with E-state index in [0.29, 0.717) is 37.3 Å². The highest BCUT2D eigenvalue weighted by molar-refractivity contribution is 6.67. The molecule has 0 aromatic rings. The van der Waals surface area contributed by atoms with E-state index in [1.165, 1.54) is 0 Å². The lowest BCUT2D eigenvalue weighted by Crippen LogP contribution is -2.58. The third-order valence-electron chi connectivity index (χ3n) is 6.21. The van der Waals surface area contributed by atoms with Crippen LogP contribution >= 0.6 is 69.6 Å². The number of aliphatic hydroxyl groups excluding tert-OH is 1. The minimum atomic E-state index is -2.24. The fraction of sp³-hybridized carbons (Fsp3) is 0.889. The molecule has 4 saturated carbocycles. The molecule has 5 aliphatic rings. The Morgan fingerprint density at radius 1 is 0.938 bits per heavy atom. The van der Waals surface area contributed by atoms with Crippen molar-refractivity contribution in [3.8, 4) is 0 Å². The van der Waals surface area contributed by atoms with Gasteiger partial charge in [-0.15, -0.1) is 0 Å². The van der Waals surface area contributed by atoms with Gasteiger partial charge in [0.05, 0.1) is 11.7 Å². The van der Waals surface area contributed by atoms with Crippen molar-refractivity contribution >= 4 is 81.9 Å². The third kappa shape index (κ3) is 7.60. The van der Waals surface area contributed by atoms with Crippen LogP contribution in [0.3, 0.4) is 0 Å². The highest BCUT2D eigenvalue weighted by Crippen LogP contribution is 2.56. The van der Waals surface area contributed by atoms with Crippen molar-refractivity contribution in [3.05, 3.63) is 0 Å². The quantitative estimate of drug-likeness (QED) is 0.336. The molecule has 4 bridgehead atoms. The molecule has 8 nitrogen and oxygen atoms in total. The molecule has 0 radical (unpaired) electrons. The van der Waals surface area contributed by atoms with Crippen LogP contribution in [0.1, 0.15) is 38.5 Å². The Hall–Kier alpha value is 0.200. The van der Waals surface area contributed by atoms with Gasteiger partial charge in [0.15, 0.2) is 0 Å². The molecule has 2 N–H and O–H groups in total. The van der Waals surface area contributed by atoms with Gasteiger partial charge in [0.1, 0.15) is 6.10 Å². The number of likely N-dealkylation sites (tertiary alicyclic amines) is 1. The predicted octanol–water partition coefficient (Wildman–Crippen LogP) is 4.92. The largest absolute Gasteiger partial charge is 0.515 e. The first-order chi connectivity index (χ1) is 14.6. The zero-order chi connectivity index (χ0) is 23.9. The number of β-amino-alcohol motifs (C(OH)–C–C–N with tert-alkyl or cyclic N) is 1. The summed E-state index contributed by atoms with van der Waals surface area (Å²) in [6.07, 6.45) is 3.27. The third-order valence-corrected chi connectivity index (χ3v) is 6.67. The summed E-state index contributed by atoms with van der Waals surface area (Å²) in [7, 11) is 0. The number of carbonyl (C=O) groups excluding carboxylic acids is 2. The number of alkyl halides is 6. The maximum Gasteiger partial charge on any atom is 0.515 e. The maximum atomic E-state index is 12.2. The molecule has 0 aromatic carbocycles. The van der Waals surface area contributed by atoms with Crippen LogP contribution < -0.4 is 0 Å². The van der Waals surface area contributed by atoms with Gasteiger partial charge in [0.25, 0.3) is 0 Å². The second-order valence-corrected chi connectivity index (χ2v) is 13.1. The summed E-state index contributed by atoms with van der Waals surface area (Å²) in [5.74, 6) is 1.30. The number of hydrogen-bond donors (Lipinski definition) is 2. The van der Waals surface area contributed by atoms with Gasteiger partial charge in [-0.05, 0) is 126 Å². The molecule has 0 aromatic heterocycles. The van der Waals surface area contributed by atoms with E-state index in [2.05, 4.69) is 9.47 Å². The second-order valence-electron chi connectivity index (χ2n) is 8.78. The van der Waals surface area contributed by atoms with E-state index < -0.39 is 25.8 Å². The van der Waals surface area contributed by atoms with Crippen molar-refractivity contribution in [1.29, 1.82) is 0 Å². The zero-order valence-corrected chi connectivity index (χ0v) is 21.2. The van der Waals surface area contributed by atoms with Crippen LogP contribution in [-0.2, 0) is 14.2 Å². The number of amides is 1. The lowest BCUT2D eigenvalue weighted by Gasteiger charge is -2.57. The van der Waals surface area contributed by atoms with Gasteiger partial charge in [-0.25, -0.2) is 9.59 Å². The van der Waals surface area contributed by atoms with Gasteiger partial charge >= 0.3 is 20.2 Å². The average molecular weight is 578 g/mol. The van der Waals surface area contributed by atoms with Crippen molar-refractivity contribution in [2.75, 3.05) is 13.1 Å². The van der Waals surface area contributed by atoms with Crippen molar-refractivity contribution < 1.29 is 34.0 Å². The summed E-state index contributed by atoms with van der Waals surface area (Å²) in [4.78, 5) is 24.3. The Labute approximate surface area is 215 Å². The fourth-order valence-electron chi connectivity index (χ4n) is 5.44. The van der Waals surface area contributed by atoms with E-state index in [0.717, 1.165) is 32.1 Å². The molecule has 2 unspecified atom stereocenters. The van der Waals surface area contributed by atoms with Crippen molar-refractivity contribution in [2.24, 2.45) is 17.8 Å². The van der Waals surface area contributed by atoms with Crippen molar-refractivity contribution in [2.45, 2.75) is 64.3 Å². The normalized spacial score (nSPS) is 35.8. The van der Waals surface area contributed by atoms with Gasteiger partial charge in [-0.1, -0.05) is 0 Å². The Morgan fingerprint density at radius 3 is 1.88 bits per heavy atom. The minimum absolute atomic E-state index is 0.0166. The average Bonchev–Trinajstić information content (AvgIpc) is 3.00. The Bertz CT molecular complexity index is 681. The number of hydrogen-bond acceptors (Lipinski definition) is 7. The van der Waals surface area contributed by atoms with E-state index >= 15 is 0 Å². The molecule has 4 aliphatic carbocycles. The second kappa shape index (κ2) is 10.1. The first-order valence-electron chi connectivity index (χ1n) is 10.0. The van der Waals surface area contributed by atoms with Crippen LogP contribution in [0.15, 0.2) is 0 Å². The number of rotatable bonds is 1. The number of aliphatic hydroxyl groups is 2. The number of halogens is 6. The molecular weight excluding hydrogens is 555 g/mol. The van der Waals surface area contributed by atoms with Crippen LogP contribution in [0.25, 0.3) is 0 Å². The van der Waals surface area contributed by atoms with Gasteiger partial charge in [-0.2, -0.15) is 0 Å². The van der Waals surface area contributed by atoms with Gasteiger partial charge in [0.2, 0.25) is 0 Å².